The first-order valence-corrected chi connectivity index (χ1v) is 8.18. The molecule has 0 bridgehead atoms. The summed E-state index contributed by atoms with van der Waals surface area (Å²) in [7, 11) is 0. The fourth-order valence-electron chi connectivity index (χ4n) is 2.34. The lowest BCUT2D eigenvalue weighted by atomic mass is 10.1. The van der Waals surface area contributed by atoms with Crippen LogP contribution in [0.15, 0.2) is 58.5 Å². The van der Waals surface area contributed by atoms with Gasteiger partial charge in [0.2, 0.25) is 0 Å². The highest BCUT2D eigenvalue weighted by atomic mass is 35.5. The van der Waals surface area contributed by atoms with Crippen LogP contribution < -0.4 is 0 Å². The van der Waals surface area contributed by atoms with Gasteiger partial charge in [-0.3, -0.25) is 0 Å². The Labute approximate surface area is 132 Å². The van der Waals surface area contributed by atoms with Crippen LogP contribution in [0, 0.1) is 0 Å². The molecule has 0 amide bonds. The molecule has 1 saturated carbocycles. The van der Waals surface area contributed by atoms with Gasteiger partial charge in [-0.05, 0) is 35.7 Å². The van der Waals surface area contributed by atoms with E-state index in [4.69, 9.17) is 11.6 Å². The summed E-state index contributed by atoms with van der Waals surface area (Å²) in [5, 5.41) is 3.95. The van der Waals surface area contributed by atoms with Gasteiger partial charge in [0.05, 0.1) is 0 Å². The summed E-state index contributed by atoms with van der Waals surface area (Å²) < 4.78 is 0. The normalized spacial score (nSPS) is 14.5. The average molecular weight is 313 g/mol. The molecular weight excluding hydrogens is 300 g/mol. The van der Waals surface area contributed by atoms with Crippen molar-refractivity contribution in [3.63, 3.8) is 0 Å². The van der Waals surface area contributed by atoms with Gasteiger partial charge < -0.3 is 0 Å². The maximum absolute atomic E-state index is 6.12. The Balaban J connectivity index is 1.67. The molecule has 0 aliphatic heterocycles. The second kappa shape index (κ2) is 5.32. The SMILES string of the molecule is Clc1cc(Sc2ccc3ccccc3c2)nc(C2CC2)n1. The number of aromatic nitrogens is 2. The van der Waals surface area contributed by atoms with Crippen molar-refractivity contribution in [3.05, 3.63) is 59.5 Å². The quantitative estimate of drug-likeness (QED) is 0.613. The molecule has 1 aromatic heterocycles. The van der Waals surface area contributed by atoms with E-state index >= 15 is 0 Å². The van der Waals surface area contributed by atoms with Crippen LogP contribution in [0.2, 0.25) is 5.15 Å². The second-order valence-corrected chi connectivity index (χ2v) is 6.75. The van der Waals surface area contributed by atoms with Crippen molar-refractivity contribution in [3.8, 4) is 0 Å². The first-order chi connectivity index (χ1) is 10.3. The van der Waals surface area contributed by atoms with Crippen LogP contribution in [0.25, 0.3) is 10.8 Å². The monoisotopic (exact) mass is 312 g/mol. The average Bonchev–Trinajstić information content (AvgIpc) is 3.31. The van der Waals surface area contributed by atoms with E-state index in [2.05, 4.69) is 52.4 Å². The maximum Gasteiger partial charge on any atom is 0.134 e. The fourth-order valence-corrected chi connectivity index (χ4v) is 3.47. The first kappa shape index (κ1) is 13.1. The summed E-state index contributed by atoms with van der Waals surface area (Å²) in [5.74, 6) is 1.41. The molecule has 1 aliphatic rings. The van der Waals surface area contributed by atoms with Crippen LogP contribution in [-0.4, -0.2) is 9.97 Å². The van der Waals surface area contributed by atoms with E-state index in [1.54, 1.807) is 11.8 Å². The Hall–Kier alpha value is -1.58. The van der Waals surface area contributed by atoms with Crippen LogP contribution in [0.5, 0.6) is 0 Å². The second-order valence-electron chi connectivity index (χ2n) is 5.27. The maximum atomic E-state index is 6.12. The van der Waals surface area contributed by atoms with Gasteiger partial charge in [-0.1, -0.05) is 53.7 Å². The van der Waals surface area contributed by atoms with Gasteiger partial charge in [0, 0.05) is 16.9 Å². The number of benzene rings is 2. The highest BCUT2D eigenvalue weighted by Gasteiger charge is 2.27. The Kier molecular flexibility index (Phi) is 3.32. The number of rotatable bonds is 3. The van der Waals surface area contributed by atoms with E-state index in [9.17, 15) is 0 Å². The highest BCUT2D eigenvalue weighted by Crippen LogP contribution is 2.39. The molecule has 2 nitrogen and oxygen atoms in total. The topological polar surface area (TPSA) is 25.8 Å². The van der Waals surface area contributed by atoms with E-state index < -0.39 is 0 Å². The van der Waals surface area contributed by atoms with Crippen LogP contribution in [0.3, 0.4) is 0 Å². The minimum atomic E-state index is 0.514. The van der Waals surface area contributed by atoms with Gasteiger partial charge in [0.25, 0.3) is 0 Å². The van der Waals surface area contributed by atoms with Crippen molar-refractivity contribution in [1.82, 2.24) is 9.97 Å². The number of hydrogen-bond donors (Lipinski definition) is 0. The molecule has 0 atom stereocenters. The number of nitrogens with zero attached hydrogens (tertiary/aromatic N) is 2. The Bertz CT molecular complexity index is 815. The minimum Gasteiger partial charge on any atom is -0.226 e. The molecule has 0 spiro atoms. The van der Waals surface area contributed by atoms with Crippen LogP contribution in [-0.2, 0) is 0 Å². The fraction of sp³-hybridized carbons (Fsp3) is 0.176. The molecule has 21 heavy (non-hydrogen) atoms. The summed E-state index contributed by atoms with van der Waals surface area (Å²) >= 11 is 7.76. The predicted octanol–water partition coefficient (Wildman–Crippen LogP) is 5.31. The number of fused-ring (bicyclic) bond motifs is 1. The molecule has 0 radical (unpaired) electrons. The molecule has 0 N–H and O–H groups in total. The van der Waals surface area contributed by atoms with E-state index in [1.807, 2.05) is 6.07 Å². The molecule has 104 valence electrons. The third-order valence-corrected chi connectivity index (χ3v) is 4.68. The van der Waals surface area contributed by atoms with Crippen LogP contribution >= 0.6 is 23.4 Å². The molecule has 4 heteroatoms. The van der Waals surface area contributed by atoms with Gasteiger partial charge in [-0.2, -0.15) is 0 Å². The summed E-state index contributed by atoms with van der Waals surface area (Å²) in [6.07, 6.45) is 2.36. The van der Waals surface area contributed by atoms with Crippen molar-refractivity contribution in [2.45, 2.75) is 28.7 Å². The van der Waals surface area contributed by atoms with Crippen LogP contribution in [0.4, 0.5) is 0 Å². The summed E-state index contributed by atoms with van der Waals surface area (Å²) in [6.45, 7) is 0. The van der Waals surface area contributed by atoms with Crippen molar-refractivity contribution in [1.29, 1.82) is 0 Å². The summed E-state index contributed by atoms with van der Waals surface area (Å²) in [5.41, 5.74) is 0. The van der Waals surface area contributed by atoms with Gasteiger partial charge >= 0.3 is 0 Å². The van der Waals surface area contributed by atoms with E-state index in [1.165, 1.54) is 28.5 Å². The molecule has 2 aromatic carbocycles. The van der Waals surface area contributed by atoms with Gasteiger partial charge in [-0.15, -0.1) is 0 Å². The lowest BCUT2D eigenvalue weighted by molar-refractivity contribution is 0.878. The lowest BCUT2D eigenvalue weighted by Gasteiger charge is -2.05. The molecule has 1 heterocycles. The van der Waals surface area contributed by atoms with Gasteiger partial charge in [0.15, 0.2) is 0 Å². The van der Waals surface area contributed by atoms with Crippen molar-refractivity contribution >= 4 is 34.1 Å². The lowest BCUT2D eigenvalue weighted by Crippen LogP contribution is -1.94. The zero-order chi connectivity index (χ0) is 14.2. The van der Waals surface area contributed by atoms with Crippen LogP contribution in [0.1, 0.15) is 24.6 Å². The Morgan fingerprint density at radius 3 is 2.57 bits per heavy atom. The molecule has 0 unspecified atom stereocenters. The Morgan fingerprint density at radius 2 is 1.76 bits per heavy atom. The predicted molar refractivity (Wildman–Crippen MR) is 87.1 cm³/mol. The third-order valence-electron chi connectivity index (χ3n) is 3.57. The molecular formula is C17H13ClN2S. The van der Waals surface area contributed by atoms with Gasteiger partial charge in [0.1, 0.15) is 16.0 Å². The first-order valence-electron chi connectivity index (χ1n) is 6.99. The van der Waals surface area contributed by atoms with E-state index in [-0.39, 0.29) is 0 Å². The Morgan fingerprint density at radius 1 is 0.952 bits per heavy atom. The summed E-state index contributed by atoms with van der Waals surface area (Å²) in [4.78, 5) is 10.1. The standard InChI is InChI=1S/C17H13ClN2S/c18-15-10-16(20-17(19-15)12-5-6-12)21-14-8-7-11-3-1-2-4-13(11)9-14/h1-4,7-10,12H,5-6H2. The minimum absolute atomic E-state index is 0.514. The van der Waals surface area contributed by atoms with E-state index in [0.29, 0.717) is 11.1 Å². The van der Waals surface area contributed by atoms with Crippen molar-refractivity contribution in [2.24, 2.45) is 0 Å². The van der Waals surface area contributed by atoms with E-state index in [0.717, 1.165) is 10.9 Å². The number of hydrogen-bond acceptors (Lipinski definition) is 3. The third kappa shape index (κ3) is 2.89. The molecule has 3 aromatic rings. The zero-order valence-corrected chi connectivity index (χ0v) is 12.9. The molecule has 0 saturated heterocycles. The molecule has 4 rings (SSSR count). The zero-order valence-electron chi connectivity index (χ0n) is 11.3. The van der Waals surface area contributed by atoms with Crippen molar-refractivity contribution in [2.75, 3.05) is 0 Å². The van der Waals surface area contributed by atoms with Gasteiger partial charge in [-0.25, -0.2) is 9.97 Å². The molecule has 1 fully saturated rings. The smallest absolute Gasteiger partial charge is 0.134 e. The summed E-state index contributed by atoms with van der Waals surface area (Å²) in [6, 6.07) is 16.7. The number of halogens is 1. The highest BCUT2D eigenvalue weighted by molar-refractivity contribution is 7.99. The van der Waals surface area contributed by atoms with Crippen molar-refractivity contribution < 1.29 is 0 Å². The molecule has 1 aliphatic carbocycles. The largest absolute Gasteiger partial charge is 0.226 e.